The Hall–Kier alpha value is -8.07. The summed E-state index contributed by atoms with van der Waals surface area (Å²) in [6, 6.07) is 67.6. The first kappa shape index (κ1) is 113. The average Bonchev–Trinajstić information content (AvgIpc) is 1.55. The summed E-state index contributed by atoms with van der Waals surface area (Å²) in [6.45, 7) is 44.9. The van der Waals surface area contributed by atoms with E-state index in [4.69, 9.17) is 121 Å². The number of rotatable bonds is 37. The molecular weight excluding hydrogens is 1890 g/mol. The summed E-state index contributed by atoms with van der Waals surface area (Å²) < 4.78 is 54.9. The van der Waals surface area contributed by atoms with Gasteiger partial charge in [0.1, 0.15) is 19.3 Å². The van der Waals surface area contributed by atoms with E-state index >= 15 is 0 Å². The molecule has 0 saturated carbocycles. The lowest BCUT2D eigenvalue weighted by Crippen LogP contribution is -2.48. The minimum atomic E-state index is -4.15. The van der Waals surface area contributed by atoms with E-state index in [0.29, 0.717) is 123 Å². The predicted octanol–water partition coefficient (Wildman–Crippen LogP) is 30.7. The van der Waals surface area contributed by atoms with Crippen molar-refractivity contribution < 1.29 is 51.5 Å². The van der Waals surface area contributed by atoms with E-state index < -0.39 is 56.5 Å². The zero-order chi connectivity index (χ0) is 97.7. The fourth-order valence-corrected chi connectivity index (χ4v) is 20.9. The molecule has 0 aliphatic carbocycles. The Morgan fingerprint density at radius 1 is 0.507 bits per heavy atom. The third kappa shape index (κ3) is 29.5. The fraction of sp³-hybridized carbons (Fsp3) is 0.416. The highest BCUT2D eigenvalue weighted by atomic mass is 35.5. The molecule has 0 fully saturated rings. The van der Waals surface area contributed by atoms with E-state index in [2.05, 4.69) is 129 Å². The van der Waals surface area contributed by atoms with Gasteiger partial charge in [0.15, 0.2) is 30.5 Å². The van der Waals surface area contributed by atoms with E-state index in [9.17, 15) is 28.5 Å². The van der Waals surface area contributed by atoms with Gasteiger partial charge in [0.2, 0.25) is 5.91 Å². The molecule has 4 heterocycles. The summed E-state index contributed by atoms with van der Waals surface area (Å²) in [6.07, 6.45) is 9.97. The van der Waals surface area contributed by atoms with Crippen LogP contribution in [0.5, 0.6) is 0 Å². The summed E-state index contributed by atoms with van der Waals surface area (Å²) in [5.74, 6) is 2.84. The Morgan fingerprint density at radius 2 is 0.919 bits per heavy atom. The predicted molar refractivity (Wildman–Crippen MR) is 569 cm³/mol. The van der Waals surface area contributed by atoms with Crippen molar-refractivity contribution in [2.24, 2.45) is 55.3 Å². The minimum absolute atomic E-state index is 0. The van der Waals surface area contributed by atoms with E-state index in [-0.39, 0.29) is 79.6 Å². The van der Waals surface area contributed by atoms with Gasteiger partial charge >= 0.3 is 5.90 Å². The molecule has 1 amide bonds. The Balaban J connectivity index is 0.000000223. The third-order valence-electron chi connectivity index (χ3n) is 26.4. The number of halogens is 8. The zero-order valence-corrected chi connectivity index (χ0v) is 86.0. The zero-order valence-electron chi connectivity index (χ0n) is 79.1. The van der Waals surface area contributed by atoms with Crippen LogP contribution in [0.1, 0.15) is 247 Å². The lowest BCUT2D eigenvalue weighted by molar-refractivity contribution is -0.616. The van der Waals surface area contributed by atoms with E-state index in [1.165, 1.54) is 11.1 Å². The van der Waals surface area contributed by atoms with Crippen LogP contribution in [0.4, 0.5) is 0 Å². The molecule has 1 unspecified atom stereocenters. The highest BCUT2D eigenvalue weighted by Gasteiger charge is 2.58. The van der Waals surface area contributed by atoms with Gasteiger partial charge in [-0.3, -0.25) is 8.98 Å². The number of carbonyl (C=O) groups excluding carboxylic acids is 1. The van der Waals surface area contributed by atoms with Gasteiger partial charge in [0.05, 0.1) is 58.6 Å². The Labute approximate surface area is 850 Å². The molecule has 136 heavy (non-hydrogen) atoms. The molecule has 0 aromatic heterocycles. The molecule has 9 aromatic rings. The molecular formula is C113H139Cl8N4O10S+. The van der Waals surface area contributed by atoms with Crippen LogP contribution < -0.4 is 5.32 Å². The van der Waals surface area contributed by atoms with Crippen molar-refractivity contribution in [2.75, 3.05) is 26.4 Å². The van der Waals surface area contributed by atoms with Gasteiger partial charge in [0.25, 0.3) is 10.1 Å². The standard InChI is InChI=1S/C33H37Cl2NO4S.C26H33Cl2NO3.C26H31Cl2NO2.C26H30Cl2NO.2CH4/c1-6-18-33(5,32-36-30(21-39-32)22(2)3)20-29(25-8-7-9-27(35)19-25)31(24-12-14-26(34)15-13-24)40-41(37,38)28-16-10-23(4)11-17-28;1-5-13-26(4,25(32)29-23(16-30)17(2)3)15-22(19-7-6-8-21(28)14-19)24(31)18-9-11-20(27)12-10-18;1-5-13-26(4,25-29-23(16-31-25)17(2)3)15-22(19-7-6-8-21(28)14-19)24(30)18-9-11-20(27)12-10-18;1-5-13-26(4)15-22(19-7-6-8-21(28)14-19)24(18-9-11-20(27)12-10-18)29-23(17(2)3)16-30-25(26)29;;/h6-17,19,22,29-31H,1,18,20-21H2,2-5H3;5-12,14,17,22-24,30-31H,1,13,15-16H2,2-4H3,(H,29,32);5-12,14,17,22-24,30H,1,13,15-16H2,2-4H3;5-12,14,17,22-24H,1,13,15-16H2,2-4H3;2*1H4/q;;;+1;;/t29-,30-,31+,33+;2*22-,23-,24+,26+;22-,23-,24?,26+;;/m1111../s1. The molecule has 0 spiro atoms. The first-order valence-electron chi connectivity index (χ1n) is 46.1. The van der Waals surface area contributed by atoms with Crippen molar-refractivity contribution in [2.45, 2.75) is 233 Å². The average molecular weight is 2030 g/mol. The second-order valence-corrected chi connectivity index (χ2v) is 43.5. The fourth-order valence-electron chi connectivity index (χ4n) is 18.5. The maximum atomic E-state index is 13.7. The van der Waals surface area contributed by atoms with Crippen molar-refractivity contribution in [3.05, 3.63) is 359 Å². The number of allylic oxidation sites excluding steroid dienone is 4. The van der Waals surface area contributed by atoms with Crippen LogP contribution >= 0.6 is 92.8 Å². The quantitative estimate of drug-likeness (QED) is 0.0166. The number of benzene rings is 9. The molecule has 0 saturated heterocycles. The molecule has 4 N–H and O–H groups in total. The molecule has 14 nitrogen and oxygen atoms in total. The van der Waals surface area contributed by atoms with Gasteiger partial charge in [0, 0.05) is 80.2 Å². The molecule has 4 aliphatic rings. The molecule has 0 radical (unpaired) electrons. The normalized spacial score (nSPS) is 20.1. The summed E-state index contributed by atoms with van der Waals surface area (Å²) in [5.41, 5.74) is 6.39. The van der Waals surface area contributed by atoms with Gasteiger partial charge in [-0.1, -0.05) is 323 Å². The van der Waals surface area contributed by atoms with Crippen molar-refractivity contribution in [3.8, 4) is 0 Å². The SMILES string of the molecule is C.C.C=CC[C@@](C)(C[C@H](c1cccc(Cl)c1)[C@@H](O)c1ccc(Cl)cc1)C(=O)N[C@H](CO)C(C)C.C=CC[C@@](C)(C[C@H](c1cccc(Cl)c1)[C@@H](O)c1ccc(Cl)cc1)C1=N[C@@H](C(C)C)CO1.C=CC[C@@](C)(C[C@H](c1cccc(Cl)c1)[C@@H](OS(=O)(=O)c1ccc(C)cc1)c1ccc(Cl)cc1)C1=N[C@@H](C(C)C)CO1.C=CC[C@@]1(C)C[C@H](c2cccc(Cl)c2)C(c2ccc(Cl)cc2)[N+]2=C1OC[C@@H]2C(C)C. The molecule has 4 aliphatic heterocycles. The number of carbonyl (C=O) groups is 1. The van der Waals surface area contributed by atoms with E-state index in [1.54, 1.807) is 103 Å². The summed E-state index contributed by atoms with van der Waals surface area (Å²) >= 11 is 50.0. The summed E-state index contributed by atoms with van der Waals surface area (Å²) in [5, 5.41) is 40.5. The first-order valence-corrected chi connectivity index (χ1v) is 50.5. The summed E-state index contributed by atoms with van der Waals surface area (Å²) in [4.78, 5) is 23.3. The number of aliphatic imine (C=N–C) groups is 2. The Morgan fingerprint density at radius 3 is 1.32 bits per heavy atom. The number of hydrogen-bond acceptors (Lipinski definition) is 12. The van der Waals surface area contributed by atoms with E-state index in [1.807, 2.05) is 137 Å². The van der Waals surface area contributed by atoms with Crippen LogP contribution in [-0.4, -0.2) is 103 Å². The van der Waals surface area contributed by atoms with Crippen molar-refractivity contribution >= 4 is 127 Å². The molecule has 23 heteroatoms. The second kappa shape index (κ2) is 51.4. The van der Waals surface area contributed by atoms with Crippen LogP contribution in [0.3, 0.4) is 0 Å². The van der Waals surface area contributed by atoms with Crippen LogP contribution in [-0.2, 0) is 33.3 Å². The number of aliphatic hydroxyl groups excluding tert-OH is 3. The van der Waals surface area contributed by atoms with Crippen molar-refractivity contribution in [1.82, 2.24) is 5.32 Å². The van der Waals surface area contributed by atoms with Gasteiger partial charge in [-0.2, -0.15) is 13.0 Å². The van der Waals surface area contributed by atoms with Crippen molar-refractivity contribution in [1.29, 1.82) is 0 Å². The Bertz CT molecular complexity index is 5640. The molecule has 9 aromatic carbocycles. The minimum Gasteiger partial charge on any atom is -0.478 e. The van der Waals surface area contributed by atoms with Crippen LogP contribution in [0, 0.1) is 52.3 Å². The second-order valence-electron chi connectivity index (χ2n) is 38.5. The lowest BCUT2D eigenvalue weighted by atomic mass is 9.69. The van der Waals surface area contributed by atoms with Crippen LogP contribution in [0.25, 0.3) is 0 Å². The first-order chi connectivity index (χ1) is 63.6. The van der Waals surface area contributed by atoms with Crippen LogP contribution in [0.15, 0.2) is 284 Å². The van der Waals surface area contributed by atoms with Crippen LogP contribution in [0.2, 0.25) is 40.2 Å². The smallest absolute Gasteiger partial charge is 0.343 e. The number of nitrogens with zero attached hydrogens (tertiary/aromatic N) is 3. The molecule has 732 valence electrons. The number of ether oxygens (including phenoxy) is 3. The number of amides is 1. The number of aryl methyl sites for hydroxylation is 1. The monoisotopic (exact) mass is 2020 g/mol. The molecule has 16 atom stereocenters. The summed E-state index contributed by atoms with van der Waals surface area (Å²) in [7, 11) is -4.15. The molecule has 0 bridgehead atoms. The number of aliphatic hydroxyl groups is 3. The molecule has 13 rings (SSSR count). The largest absolute Gasteiger partial charge is 0.478 e. The van der Waals surface area contributed by atoms with Gasteiger partial charge < -0.3 is 34.8 Å². The Kier molecular flexibility index (Phi) is 42.8. The lowest BCUT2D eigenvalue weighted by Gasteiger charge is -2.39. The third-order valence-corrected chi connectivity index (χ3v) is 29.7. The van der Waals surface area contributed by atoms with Gasteiger partial charge in [-0.15, -0.1) is 26.3 Å². The van der Waals surface area contributed by atoms with E-state index in [0.717, 1.165) is 69.1 Å². The topological polar surface area (TPSA) is 189 Å². The highest BCUT2D eigenvalue weighted by Crippen LogP contribution is 2.54. The van der Waals surface area contributed by atoms with Gasteiger partial charge in [-0.25, -0.2) is 9.98 Å². The van der Waals surface area contributed by atoms with Gasteiger partial charge in [-0.05, 0) is 231 Å². The number of hydrogen-bond donors (Lipinski definition) is 4. The maximum absolute atomic E-state index is 13.7. The highest BCUT2D eigenvalue weighted by molar-refractivity contribution is 7.86. The number of nitrogens with one attached hydrogen (secondary N) is 1. The maximum Gasteiger partial charge on any atom is 0.343 e. The van der Waals surface area contributed by atoms with Crippen molar-refractivity contribution in [3.63, 3.8) is 0 Å².